The molecular formula is C21H23N3O4S. The van der Waals surface area contributed by atoms with E-state index < -0.39 is 10.0 Å². The fourth-order valence-corrected chi connectivity index (χ4v) is 3.54. The van der Waals surface area contributed by atoms with Crippen molar-refractivity contribution in [3.8, 4) is 22.9 Å². The quantitative estimate of drug-likeness (QED) is 0.601. The highest BCUT2D eigenvalue weighted by atomic mass is 32.2. The second-order valence-corrected chi connectivity index (χ2v) is 8.50. The fourth-order valence-electron chi connectivity index (χ4n) is 2.48. The minimum Gasteiger partial charge on any atom is -0.497 e. The van der Waals surface area contributed by atoms with Crippen molar-refractivity contribution in [2.45, 2.75) is 18.7 Å². The second-order valence-electron chi connectivity index (χ2n) is 6.82. The van der Waals surface area contributed by atoms with Crippen molar-refractivity contribution < 1.29 is 17.9 Å². The van der Waals surface area contributed by atoms with Crippen LogP contribution in [0.25, 0.3) is 11.3 Å². The molecule has 0 atom stereocenters. The molecule has 0 saturated heterocycles. The molecule has 1 aromatic heterocycles. The van der Waals surface area contributed by atoms with Gasteiger partial charge in [0.15, 0.2) is 0 Å². The number of hydrogen-bond acceptors (Lipinski definition) is 6. The normalized spacial score (nSPS) is 11.3. The zero-order chi connectivity index (χ0) is 20.9. The zero-order valence-corrected chi connectivity index (χ0v) is 17.3. The molecule has 0 saturated carbocycles. The predicted octanol–water partition coefficient (Wildman–Crippen LogP) is 3.99. The number of sulfonamides is 1. The van der Waals surface area contributed by atoms with Crippen molar-refractivity contribution in [3.05, 3.63) is 60.7 Å². The molecule has 152 valence electrons. The van der Waals surface area contributed by atoms with Crippen molar-refractivity contribution in [1.29, 1.82) is 0 Å². The van der Waals surface area contributed by atoms with Crippen molar-refractivity contribution in [3.63, 3.8) is 0 Å². The number of hydrogen-bond donors (Lipinski definition) is 1. The molecule has 2 aromatic carbocycles. The first kappa shape index (κ1) is 20.6. The lowest BCUT2D eigenvalue weighted by Crippen LogP contribution is -2.12. The Morgan fingerprint density at radius 2 is 1.62 bits per heavy atom. The summed E-state index contributed by atoms with van der Waals surface area (Å²) in [6.07, 6.45) is 0. The molecule has 7 nitrogen and oxygen atoms in total. The SMILES string of the molecule is COc1ccc(S(=O)(=O)Nc2ccc(-c3ccc(OCC(C)C)nn3)cc2)cc1. The smallest absolute Gasteiger partial charge is 0.261 e. The Labute approximate surface area is 170 Å². The summed E-state index contributed by atoms with van der Waals surface area (Å²) in [5, 5.41) is 8.24. The second kappa shape index (κ2) is 8.91. The van der Waals surface area contributed by atoms with Crippen LogP contribution in [0, 0.1) is 5.92 Å². The molecule has 29 heavy (non-hydrogen) atoms. The first-order valence-electron chi connectivity index (χ1n) is 9.11. The highest BCUT2D eigenvalue weighted by molar-refractivity contribution is 7.92. The Hall–Kier alpha value is -3.13. The number of benzene rings is 2. The van der Waals surface area contributed by atoms with E-state index in [1.165, 1.54) is 19.2 Å². The monoisotopic (exact) mass is 413 g/mol. The van der Waals surface area contributed by atoms with Crippen LogP contribution in [0.2, 0.25) is 0 Å². The molecular weight excluding hydrogens is 390 g/mol. The summed E-state index contributed by atoms with van der Waals surface area (Å²) in [6, 6.07) is 16.7. The molecule has 3 rings (SSSR count). The zero-order valence-electron chi connectivity index (χ0n) is 16.5. The van der Waals surface area contributed by atoms with Crippen LogP contribution in [0.3, 0.4) is 0 Å². The van der Waals surface area contributed by atoms with E-state index in [1.54, 1.807) is 42.5 Å². The van der Waals surface area contributed by atoms with Crippen LogP contribution in [-0.4, -0.2) is 32.3 Å². The van der Waals surface area contributed by atoms with Gasteiger partial charge in [-0.15, -0.1) is 10.2 Å². The molecule has 0 amide bonds. The first-order valence-corrected chi connectivity index (χ1v) is 10.6. The summed E-state index contributed by atoms with van der Waals surface area (Å²) in [4.78, 5) is 0.158. The number of anilines is 1. The van der Waals surface area contributed by atoms with E-state index in [9.17, 15) is 8.42 Å². The van der Waals surface area contributed by atoms with Crippen LogP contribution in [0.4, 0.5) is 5.69 Å². The summed E-state index contributed by atoms with van der Waals surface area (Å²) >= 11 is 0. The van der Waals surface area contributed by atoms with Crippen LogP contribution in [-0.2, 0) is 10.0 Å². The van der Waals surface area contributed by atoms with E-state index >= 15 is 0 Å². The Morgan fingerprint density at radius 3 is 2.17 bits per heavy atom. The average Bonchev–Trinajstić information content (AvgIpc) is 2.73. The van der Waals surface area contributed by atoms with Crippen LogP contribution in [0.5, 0.6) is 11.6 Å². The van der Waals surface area contributed by atoms with Gasteiger partial charge in [0.1, 0.15) is 5.75 Å². The Bertz CT molecular complexity index is 1030. The van der Waals surface area contributed by atoms with Crippen molar-refractivity contribution in [2.24, 2.45) is 5.92 Å². The van der Waals surface area contributed by atoms with Crippen molar-refractivity contribution in [1.82, 2.24) is 10.2 Å². The van der Waals surface area contributed by atoms with Gasteiger partial charge in [0.05, 0.1) is 24.3 Å². The molecule has 0 radical (unpaired) electrons. The van der Waals surface area contributed by atoms with Crippen molar-refractivity contribution >= 4 is 15.7 Å². The molecule has 0 aliphatic heterocycles. The number of aromatic nitrogens is 2. The van der Waals surface area contributed by atoms with Crippen molar-refractivity contribution in [2.75, 3.05) is 18.4 Å². The van der Waals surface area contributed by atoms with Gasteiger partial charge in [0, 0.05) is 17.3 Å². The van der Waals surface area contributed by atoms with E-state index in [0.717, 1.165) is 5.56 Å². The maximum absolute atomic E-state index is 12.5. The molecule has 8 heteroatoms. The highest BCUT2D eigenvalue weighted by Crippen LogP contribution is 2.23. The largest absolute Gasteiger partial charge is 0.497 e. The molecule has 1 heterocycles. The fraction of sp³-hybridized carbons (Fsp3) is 0.238. The van der Waals surface area contributed by atoms with E-state index in [0.29, 0.717) is 35.5 Å². The van der Waals surface area contributed by atoms with E-state index in [2.05, 4.69) is 28.8 Å². The lowest BCUT2D eigenvalue weighted by atomic mass is 10.1. The molecule has 3 aromatic rings. The molecule has 0 bridgehead atoms. The Morgan fingerprint density at radius 1 is 0.931 bits per heavy atom. The third-order valence-corrected chi connectivity index (χ3v) is 5.40. The summed E-state index contributed by atoms with van der Waals surface area (Å²) < 4.78 is 38.2. The lowest BCUT2D eigenvalue weighted by molar-refractivity contribution is 0.258. The standard InChI is InChI=1S/C21H23N3O4S/c1-15(2)14-28-21-13-12-20(22-23-21)16-4-6-17(7-5-16)24-29(25,26)19-10-8-18(27-3)9-11-19/h4-13,15,24H,14H2,1-3H3. The average molecular weight is 413 g/mol. The van der Waals surface area contributed by atoms with Gasteiger partial charge in [-0.25, -0.2) is 8.42 Å². The Kier molecular flexibility index (Phi) is 6.33. The number of nitrogens with zero attached hydrogens (tertiary/aromatic N) is 2. The number of nitrogens with one attached hydrogen (secondary N) is 1. The predicted molar refractivity (Wildman–Crippen MR) is 112 cm³/mol. The van der Waals surface area contributed by atoms with Gasteiger partial charge in [-0.2, -0.15) is 0 Å². The number of methoxy groups -OCH3 is 1. The maximum Gasteiger partial charge on any atom is 0.261 e. The third kappa shape index (κ3) is 5.45. The highest BCUT2D eigenvalue weighted by Gasteiger charge is 2.14. The van der Waals surface area contributed by atoms with E-state index in [1.807, 2.05) is 6.07 Å². The van der Waals surface area contributed by atoms with Gasteiger partial charge in [-0.3, -0.25) is 4.72 Å². The van der Waals surface area contributed by atoms with Gasteiger partial charge in [0.25, 0.3) is 10.0 Å². The van der Waals surface area contributed by atoms with Crippen LogP contribution in [0.15, 0.2) is 65.6 Å². The molecule has 0 unspecified atom stereocenters. The minimum atomic E-state index is -3.68. The third-order valence-electron chi connectivity index (χ3n) is 4.01. The van der Waals surface area contributed by atoms with Gasteiger partial charge in [-0.05, 0) is 48.4 Å². The summed E-state index contributed by atoms with van der Waals surface area (Å²) in [6.45, 7) is 4.70. The summed E-state index contributed by atoms with van der Waals surface area (Å²) in [5.41, 5.74) is 1.95. The summed E-state index contributed by atoms with van der Waals surface area (Å²) in [7, 11) is -2.16. The van der Waals surface area contributed by atoms with Crippen LogP contribution >= 0.6 is 0 Å². The van der Waals surface area contributed by atoms with Crippen LogP contribution < -0.4 is 14.2 Å². The number of rotatable bonds is 8. The molecule has 0 aliphatic rings. The van der Waals surface area contributed by atoms with Crippen LogP contribution in [0.1, 0.15) is 13.8 Å². The Balaban J connectivity index is 1.69. The lowest BCUT2D eigenvalue weighted by Gasteiger charge is -2.10. The number of ether oxygens (including phenoxy) is 2. The molecule has 0 spiro atoms. The molecule has 0 fully saturated rings. The maximum atomic E-state index is 12.5. The van der Waals surface area contributed by atoms with Gasteiger partial charge in [-0.1, -0.05) is 26.0 Å². The minimum absolute atomic E-state index is 0.158. The van der Waals surface area contributed by atoms with Gasteiger partial charge >= 0.3 is 0 Å². The van der Waals surface area contributed by atoms with E-state index in [-0.39, 0.29) is 4.90 Å². The van der Waals surface area contributed by atoms with Gasteiger partial charge in [0.2, 0.25) is 5.88 Å². The first-order chi connectivity index (χ1) is 13.9. The summed E-state index contributed by atoms with van der Waals surface area (Å²) in [5.74, 6) is 1.48. The van der Waals surface area contributed by atoms with Gasteiger partial charge < -0.3 is 9.47 Å². The van der Waals surface area contributed by atoms with E-state index in [4.69, 9.17) is 9.47 Å². The molecule has 1 N–H and O–H groups in total. The molecule has 0 aliphatic carbocycles. The topological polar surface area (TPSA) is 90.4 Å².